The van der Waals surface area contributed by atoms with Crippen LogP contribution in [0.4, 0.5) is 5.82 Å². The van der Waals surface area contributed by atoms with Crippen LogP contribution in [-0.4, -0.2) is 27.0 Å². The van der Waals surface area contributed by atoms with Crippen LogP contribution in [0.5, 0.6) is 0 Å². The average molecular weight is 260 g/mol. The van der Waals surface area contributed by atoms with Crippen LogP contribution in [0.15, 0.2) is 30.6 Å². The number of fused-ring (bicyclic) bond motifs is 1. The summed E-state index contributed by atoms with van der Waals surface area (Å²) in [4.78, 5) is 16.0. The maximum absolute atomic E-state index is 5.99. The zero-order valence-electron chi connectivity index (χ0n) is 9.61. The molecule has 0 saturated heterocycles. The van der Waals surface area contributed by atoms with Gasteiger partial charge >= 0.3 is 0 Å². The van der Waals surface area contributed by atoms with Gasteiger partial charge in [0.15, 0.2) is 11.6 Å². The number of anilines is 1. The lowest BCUT2D eigenvalue weighted by Crippen LogP contribution is -1.99. The van der Waals surface area contributed by atoms with Gasteiger partial charge in [-0.3, -0.25) is 0 Å². The molecule has 6 heteroatoms. The molecule has 2 heterocycles. The van der Waals surface area contributed by atoms with E-state index < -0.39 is 0 Å². The van der Waals surface area contributed by atoms with E-state index in [0.29, 0.717) is 16.7 Å². The fourth-order valence-electron chi connectivity index (χ4n) is 1.78. The Labute approximate surface area is 108 Å². The lowest BCUT2D eigenvalue weighted by Gasteiger charge is -2.07. The molecule has 90 valence electrons. The van der Waals surface area contributed by atoms with Gasteiger partial charge in [0.05, 0.1) is 5.52 Å². The van der Waals surface area contributed by atoms with Gasteiger partial charge in [-0.25, -0.2) is 15.0 Å². The van der Waals surface area contributed by atoms with E-state index >= 15 is 0 Å². The lowest BCUT2D eigenvalue weighted by molar-refractivity contribution is 1.15. The molecular weight excluding hydrogens is 250 g/mol. The Morgan fingerprint density at radius 3 is 2.89 bits per heavy atom. The average Bonchev–Trinajstić information content (AvgIpc) is 2.91. The van der Waals surface area contributed by atoms with Crippen LogP contribution in [0, 0.1) is 0 Å². The standard InChI is InChI=1S/C12H10ClN5/c1-14-10-8-6-7(13)2-3-9(8)17-12(18-10)11-15-4-5-16-11/h2-6H,1H3,(H,15,16)(H,14,17,18). The molecule has 2 N–H and O–H groups in total. The second kappa shape index (κ2) is 4.27. The minimum atomic E-state index is 0.555. The van der Waals surface area contributed by atoms with Gasteiger partial charge in [0.25, 0.3) is 0 Å². The number of benzene rings is 1. The van der Waals surface area contributed by atoms with Crippen LogP contribution in [0.1, 0.15) is 0 Å². The van der Waals surface area contributed by atoms with Crippen LogP contribution in [0.3, 0.4) is 0 Å². The zero-order valence-corrected chi connectivity index (χ0v) is 10.4. The van der Waals surface area contributed by atoms with Crippen LogP contribution in [-0.2, 0) is 0 Å². The Kier molecular flexibility index (Phi) is 2.60. The van der Waals surface area contributed by atoms with Gasteiger partial charge in [-0.2, -0.15) is 0 Å². The first-order chi connectivity index (χ1) is 8.78. The number of rotatable bonds is 2. The third kappa shape index (κ3) is 1.78. The van der Waals surface area contributed by atoms with E-state index in [1.165, 1.54) is 0 Å². The molecule has 0 unspecified atom stereocenters. The number of aromatic nitrogens is 4. The van der Waals surface area contributed by atoms with Crippen molar-refractivity contribution in [1.82, 2.24) is 19.9 Å². The Balaban J connectivity index is 2.28. The summed E-state index contributed by atoms with van der Waals surface area (Å²) in [6.45, 7) is 0. The smallest absolute Gasteiger partial charge is 0.198 e. The minimum absolute atomic E-state index is 0.555. The van der Waals surface area contributed by atoms with Gasteiger partial charge in [-0.15, -0.1) is 0 Å². The van der Waals surface area contributed by atoms with Crippen molar-refractivity contribution in [1.29, 1.82) is 0 Å². The Morgan fingerprint density at radius 2 is 2.17 bits per heavy atom. The van der Waals surface area contributed by atoms with Crippen LogP contribution >= 0.6 is 11.6 Å². The van der Waals surface area contributed by atoms with E-state index in [0.717, 1.165) is 16.7 Å². The van der Waals surface area contributed by atoms with E-state index in [-0.39, 0.29) is 0 Å². The molecule has 0 saturated carbocycles. The highest BCUT2D eigenvalue weighted by Crippen LogP contribution is 2.25. The highest BCUT2D eigenvalue weighted by Gasteiger charge is 2.10. The minimum Gasteiger partial charge on any atom is -0.373 e. The summed E-state index contributed by atoms with van der Waals surface area (Å²) in [5.41, 5.74) is 0.824. The monoisotopic (exact) mass is 259 g/mol. The summed E-state index contributed by atoms with van der Waals surface area (Å²) in [6, 6.07) is 5.52. The van der Waals surface area contributed by atoms with Gasteiger partial charge in [0, 0.05) is 29.9 Å². The second-order valence-electron chi connectivity index (χ2n) is 3.75. The zero-order chi connectivity index (χ0) is 12.5. The third-order valence-electron chi connectivity index (χ3n) is 2.60. The molecule has 0 aliphatic heterocycles. The molecule has 0 fully saturated rings. The SMILES string of the molecule is CNc1nc(-c2ncc[nH]2)nc2ccc(Cl)cc12. The fraction of sp³-hybridized carbons (Fsp3) is 0.0833. The van der Waals surface area contributed by atoms with Crippen molar-refractivity contribution in [3.8, 4) is 11.6 Å². The molecule has 0 aliphatic carbocycles. The number of imidazole rings is 1. The van der Waals surface area contributed by atoms with Gasteiger partial charge in [-0.05, 0) is 18.2 Å². The normalized spacial score (nSPS) is 10.8. The lowest BCUT2D eigenvalue weighted by atomic mass is 10.2. The maximum atomic E-state index is 5.99. The highest BCUT2D eigenvalue weighted by molar-refractivity contribution is 6.31. The molecule has 0 spiro atoms. The predicted molar refractivity (Wildman–Crippen MR) is 71.7 cm³/mol. The summed E-state index contributed by atoms with van der Waals surface area (Å²) in [7, 11) is 1.81. The van der Waals surface area contributed by atoms with Crippen molar-refractivity contribution < 1.29 is 0 Å². The van der Waals surface area contributed by atoms with Crippen molar-refractivity contribution in [2.45, 2.75) is 0 Å². The molecule has 3 rings (SSSR count). The van der Waals surface area contributed by atoms with Gasteiger partial charge in [0.2, 0.25) is 0 Å². The molecule has 0 atom stereocenters. The molecule has 18 heavy (non-hydrogen) atoms. The molecule has 2 aromatic heterocycles. The molecule has 5 nitrogen and oxygen atoms in total. The summed E-state index contributed by atoms with van der Waals surface area (Å²) in [5.74, 6) is 1.93. The van der Waals surface area contributed by atoms with Crippen LogP contribution in [0.2, 0.25) is 5.02 Å². The molecule has 1 aromatic carbocycles. The number of H-pyrrole nitrogens is 1. The first kappa shape index (κ1) is 11.0. The summed E-state index contributed by atoms with van der Waals surface area (Å²) in [5, 5.41) is 4.60. The van der Waals surface area contributed by atoms with Gasteiger partial charge < -0.3 is 10.3 Å². The van der Waals surface area contributed by atoms with Crippen LogP contribution in [0.25, 0.3) is 22.6 Å². The Hall–Kier alpha value is -2.14. The quantitative estimate of drug-likeness (QED) is 0.743. The Morgan fingerprint density at radius 1 is 1.28 bits per heavy atom. The third-order valence-corrected chi connectivity index (χ3v) is 2.84. The molecule has 0 aliphatic rings. The van der Waals surface area contributed by atoms with Gasteiger partial charge in [-0.1, -0.05) is 11.6 Å². The van der Waals surface area contributed by atoms with E-state index in [9.17, 15) is 0 Å². The number of hydrogen-bond donors (Lipinski definition) is 2. The molecular formula is C12H10ClN5. The topological polar surface area (TPSA) is 66.5 Å². The van der Waals surface area contributed by atoms with Gasteiger partial charge in [0.1, 0.15) is 5.82 Å². The highest BCUT2D eigenvalue weighted by atomic mass is 35.5. The first-order valence-corrected chi connectivity index (χ1v) is 5.80. The van der Waals surface area contributed by atoms with E-state index in [1.807, 2.05) is 25.2 Å². The molecule has 0 radical (unpaired) electrons. The molecule has 0 bridgehead atoms. The second-order valence-corrected chi connectivity index (χ2v) is 4.18. The predicted octanol–water partition coefficient (Wildman–Crippen LogP) is 2.71. The van der Waals surface area contributed by atoms with Crippen LogP contribution < -0.4 is 5.32 Å². The Bertz CT molecular complexity index is 693. The molecule has 0 amide bonds. The number of hydrogen-bond acceptors (Lipinski definition) is 4. The number of aromatic amines is 1. The van der Waals surface area contributed by atoms with Crippen molar-refractivity contribution in [3.05, 3.63) is 35.6 Å². The van der Waals surface area contributed by atoms with Crippen molar-refractivity contribution in [3.63, 3.8) is 0 Å². The van der Waals surface area contributed by atoms with E-state index in [4.69, 9.17) is 11.6 Å². The largest absolute Gasteiger partial charge is 0.373 e. The number of halogens is 1. The number of nitrogens with zero attached hydrogens (tertiary/aromatic N) is 3. The molecule has 3 aromatic rings. The van der Waals surface area contributed by atoms with Crippen molar-refractivity contribution in [2.75, 3.05) is 12.4 Å². The summed E-state index contributed by atoms with van der Waals surface area (Å²) in [6.07, 6.45) is 3.41. The summed E-state index contributed by atoms with van der Waals surface area (Å²) < 4.78 is 0. The maximum Gasteiger partial charge on any atom is 0.198 e. The fourth-order valence-corrected chi connectivity index (χ4v) is 1.96. The first-order valence-electron chi connectivity index (χ1n) is 5.43. The van der Waals surface area contributed by atoms with E-state index in [2.05, 4.69) is 25.3 Å². The van der Waals surface area contributed by atoms with Crippen molar-refractivity contribution >= 4 is 28.3 Å². The summed E-state index contributed by atoms with van der Waals surface area (Å²) >= 11 is 5.99. The van der Waals surface area contributed by atoms with Crippen molar-refractivity contribution in [2.24, 2.45) is 0 Å². The number of nitrogens with one attached hydrogen (secondary N) is 2. The van der Waals surface area contributed by atoms with E-state index in [1.54, 1.807) is 12.4 Å².